The van der Waals surface area contributed by atoms with E-state index in [4.69, 9.17) is 0 Å². The lowest BCUT2D eigenvalue weighted by Gasteiger charge is -2.18. The number of fused-ring (bicyclic) bond motifs is 1. The second kappa shape index (κ2) is 5.36. The third-order valence-electron chi connectivity index (χ3n) is 3.86. The van der Waals surface area contributed by atoms with Crippen LogP contribution >= 0.6 is 11.3 Å². The van der Waals surface area contributed by atoms with Crippen LogP contribution in [-0.2, 0) is 0 Å². The van der Waals surface area contributed by atoms with Gasteiger partial charge in [-0.1, -0.05) is 18.3 Å². The summed E-state index contributed by atoms with van der Waals surface area (Å²) in [7, 11) is 0. The minimum atomic E-state index is -0.355. The van der Waals surface area contributed by atoms with Gasteiger partial charge in [0.2, 0.25) is 0 Å². The molecule has 1 unspecified atom stereocenters. The van der Waals surface area contributed by atoms with E-state index >= 15 is 0 Å². The van der Waals surface area contributed by atoms with E-state index in [-0.39, 0.29) is 10.6 Å². The molecule has 1 aromatic heterocycles. The van der Waals surface area contributed by atoms with Crippen molar-refractivity contribution in [2.45, 2.75) is 26.2 Å². The van der Waals surface area contributed by atoms with Crippen molar-refractivity contribution in [2.24, 2.45) is 5.92 Å². The van der Waals surface area contributed by atoms with Crippen molar-refractivity contribution in [1.29, 1.82) is 0 Å². The minimum Gasteiger partial charge on any atom is -0.348 e. The van der Waals surface area contributed by atoms with Crippen molar-refractivity contribution >= 4 is 32.4 Å². The molecule has 0 N–H and O–H groups in total. The van der Waals surface area contributed by atoms with Crippen molar-refractivity contribution in [3.63, 3.8) is 0 Å². The molecule has 1 aromatic carbocycles. The lowest BCUT2D eigenvalue weighted by molar-refractivity contribution is -0.384. The van der Waals surface area contributed by atoms with Gasteiger partial charge in [0.25, 0.3) is 5.69 Å². The molecular weight excluding hydrogens is 274 g/mol. The van der Waals surface area contributed by atoms with Crippen LogP contribution in [0.15, 0.2) is 18.2 Å². The van der Waals surface area contributed by atoms with Crippen LogP contribution in [-0.4, -0.2) is 23.0 Å². The number of nitro groups is 1. The molecule has 1 fully saturated rings. The Morgan fingerprint density at radius 1 is 1.40 bits per heavy atom. The van der Waals surface area contributed by atoms with Gasteiger partial charge in [0.05, 0.1) is 15.1 Å². The van der Waals surface area contributed by atoms with E-state index < -0.39 is 0 Å². The normalized spacial score (nSPS) is 20.1. The average molecular weight is 291 g/mol. The number of nitrogens with zero attached hydrogens (tertiary/aromatic N) is 3. The number of benzene rings is 1. The van der Waals surface area contributed by atoms with E-state index in [2.05, 4.69) is 16.8 Å². The maximum absolute atomic E-state index is 10.8. The highest BCUT2D eigenvalue weighted by molar-refractivity contribution is 7.22. The zero-order chi connectivity index (χ0) is 14.1. The van der Waals surface area contributed by atoms with Crippen LogP contribution in [0, 0.1) is 16.0 Å². The number of aromatic nitrogens is 1. The minimum absolute atomic E-state index is 0.136. The Morgan fingerprint density at radius 2 is 2.25 bits per heavy atom. The van der Waals surface area contributed by atoms with Gasteiger partial charge in [-0.05, 0) is 31.2 Å². The Kier molecular flexibility index (Phi) is 3.56. The first-order chi connectivity index (χ1) is 9.63. The molecule has 2 heterocycles. The fourth-order valence-electron chi connectivity index (χ4n) is 2.60. The number of thiazole rings is 1. The summed E-state index contributed by atoms with van der Waals surface area (Å²) in [6, 6.07) is 4.89. The third kappa shape index (κ3) is 2.60. The zero-order valence-corrected chi connectivity index (χ0v) is 12.2. The fourth-order valence-corrected chi connectivity index (χ4v) is 3.65. The molecule has 1 saturated heterocycles. The number of non-ortho nitro benzene ring substituents is 1. The molecule has 1 aliphatic rings. The van der Waals surface area contributed by atoms with E-state index in [9.17, 15) is 10.1 Å². The Bertz CT molecular complexity index is 640. The van der Waals surface area contributed by atoms with Crippen LogP contribution in [0.2, 0.25) is 0 Å². The first-order valence-corrected chi connectivity index (χ1v) is 7.75. The van der Waals surface area contributed by atoms with Crippen molar-refractivity contribution in [2.75, 3.05) is 18.0 Å². The van der Waals surface area contributed by atoms with Crippen LogP contribution in [0.25, 0.3) is 10.2 Å². The van der Waals surface area contributed by atoms with E-state index in [1.165, 1.54) is 25.3 Å². The average Bonchev–Trinajstić information content (AvgIpc) is 2.73. The summed E-state index contributed by atoms with van der Waals surface area (Å²) in [5, 5.41) is 11.8. The van der Waals surface area contributed by atoms with Gasteiger partial charge in [0, 0.05) is 25.2 Å². The Hall–Kier alpha value is -1.69. The largest absolute Gasteiger partial charge is 0.348 e. The lowest BCUT2D eigenvalue weighted by atomic mass is 10.0. The Labute approximate surface area is 121 Å². The smallest absolute Gasteiger partial charge is 0.270 e. The fraction of sp³-hybridized carbons (Fsp3) is 0.500. The Morgan fingerprint density at radius 3 is 3.05 bits per heavy atom. The zero-order valence-electron chi connectivity index (χ0n) is 11.4. The maximum atomic E-state index is 10.8. The van der Waals surface area contributed by atoms with Crippen molar-refractivity contribution in [3.8, 4) is 0 Å². The summed E-state index contributed by atoms with van der Waals surface area (Å²) < 4.78 is 0.895. The molecule has 1 aliphatic heterocycles. The number of hydrogen-bond donors (Lipinski definition) is 0. The predicted molar refractivity (Wildman–Crippen MR) is 81.5 cm³/mol. The molecule has 0 amide bonds. The van der Waals surface area contributed by atoms with Gasteiger partial charge in [-0.25, -0.2) is 4.98 Å². The van der Waals surface area contributed by atoms with Gasteiger partial charge >= 0.3 is 0 Å². The summed E-state index contributed by atoms with van der Waals surface area (Å²) in [4.78, 5) is 17.4. The summed E-state index contributed by atoms with van der Waals surface area (Å²) in [6.45, 7) is 4.36. The summed E-state index contributed by atoms with van der Waals surface area (Å²) in [5.41, 5.74) is 0.991. The standard InChI is InChI=1S/C14H17N3O2S/c1-10-3-2-7-16(8-6-10)14-15-12-5-4-11(17(18)19)9-13(12)20-14/h4-5,9-10H,2-3,6-8H2,1H3. The third-order valence-corrected chi connectivity index (χ3v) is 4.94. The van der Waals surface area contributed by atoms with Gasteiger partial charge in [-0.3, -0.25) is 10.1 Å². The predicted octanol–water partition coefficient (Wildman–Crippen LogP) is 3.83. The Balaban J connectivity index is 1.90. The maximum Gasteiger partial charge on any atom is 0.270 e. The number of rotatable bonds is 2. The highest BCUT2D eigenvalue weighted by Gasteiger charge is 2.18. The van der Waals surface area contributed by atoms with Gasteiger partial charge < -0.3 is 4.90 Å². The molecule has 3 rings (SSSR count). The van der Waals surface area contributed by atoms with Gasteiger partial charge in [0.15, 0.2) is 5.13 Å². The van der Waals surface area contributed by atoms with Crippen LogP contribution in [0.4, 0.5) is 10.8 Å². The van der Waals surface area contributed by atoms with E-state index in [0.717, 1.165) is 34.4 Å². The van der Waals surface area contributed by atoms with Crippen LogP contribution in [0.1, 0.15) is 26.2 Å². The molecule has 20 heavy (non-hydrogen) atoms. The number of hydrogen-bond acceptors (Lipinski definition) is 5. The topological polar surface area (TPSA) is 59.3 Å². The molecule has 0 spiro atoms. The first kappa shape index (κ1) is 13.3. The number of anilines is 1. The van der Waals surface area contributed by atoms with Gasteiger partial charge in [0.1, 0.15) is 0 Å². The van der Waals surface area contributed by atoms with E-state index in [1.807, 2.05) is 0 Å². The molecule has 0 saturated carbocycles. The molecule has 2 aromatic rings. The molecule has 0 radical (unpaired) electrons. The van der Waals surface area contributed by atoms with Crippen LogP contribution in [0.5, 0.6) is 0 Å². The molecule has 6 heteroatoms. The van der Waals surface area contributed by atoms with Crippen LogP contribution in [0.3, 0.4) is 0 Å². The summed E-state index contributed by atoms with van der Waals surface area (Å²) in [5.74, 6) is 0.774. The second-order valence-electron chi connectivity index (χ2n) is 5.43. The second-order valence-corrected chi connectivity index (χ2v) is 6.44. The molecule has 5 nitrogen and oxygen atoms in total. The molecule has 1 atom stereocenters. The van der Waals surface area contributed by atoms with Crippen molar-refractivity contribution < 1.29 is 4.92 Å². The monoisotopic (exact) mass is 291 g/mol. The molecule has 0 aliphatic carbocycles. The van der Waals surface area contributed by atoms with Crippen LogP contribution < -0.4 is 4.90 Å². The van der Waals surface area contributed by atoms with Crippen molar-refractivity contribution in [3.05, 3.63) is 28.3 Å². The molecular formula is C14H17N3O2S. The van der Waals surface area contributed by atoms with E-state index in [0.29, 0.717) is 0 Å². The quantitative estimate of drug-likeness (QED) is 0.623. The van der Waals surface area contributed by atoms with Gasteiger partial charge in [-0.2, -0.15) is 0 Å². The summed E-state index contributed by atoms with van der Waals surface area (Å²) in [6.07, 6.45) is 3.65. The van der Waals surface area contributed by atoms with Gasteiger partial charge in [-0.15, -0.1) is 0 Å². The highest BCUT2D eigenvalue weighted by Crippen LogP contribution is 2.32. The summed E-state index contributed by atoms with van der Waals surface area (Å²) >= 11 is 1.56. The highest BCUT2D eigenvalue weighted by atomic mass is 32.1. The molecule has 106 valence electrons. The van der Waals surface area contributed by atoms with E-state index in [1.54, 1.807) is 23.5 Å². The molecule has 0 bridgehead atoms. The van der Waals surface area contributed by atoms with Crippen molar-refractivity contribution in [1.82, 2.24) is 4.98 Å². The number of nitro benzene ring substituents is 1. The first-order valence-electron chi connectivity index (χ1n) is 6.93. The SMILES string of the molecule is CC1CCCN(c2nc3ccc([N+](=O)[O-])cc3s2)CC1. The lowest BCUT2D eigenvalue weighted by Crippen LogP contribution is -2.23.